The molecule has 0 aliphatic heterocycles. The van der Waals surface area contributed by atoms with Crippen LogP contribution >= 0.6 is 0 Å². The molecule has 2 aromatic rings. The van der Waals surface area contributed by atoms with Crippen LogP contribution in [-0.4, -0.2) is 18.7 Å². The van der Waals surface area contributed by atoms with E-state index in [4.69, 9.17) is 9.47 Å². The summed E-state index contributed by atoms with van der Waals surface area (Å²) < 4.78 is 11.3. The van der Waals surface area contributed by atoms with Crippen LogP contribution in [0.4, 0.5) is 0 Å². The van der Waals surface area contributed by atoms with Gasteiger partial charge in [0.25, 0.3) is 0 Å². The van der Waals surface area contributed by atoms with Gasteiger partial charge in [-0.1, -0.05) is 19.9 Å². The third kappa shape index (κ3) is 5.25. The van der Waals surface area contributed by atoms with Crippen LogP contribution in [0.25, 0.3) is 0 Å². The number of hydrogen-bond donors (Lipinski definition) is 1. The Morgan fingerprint density at radius 1 is 1.04 bits per heavy atom. The average Bonchev–Trinajstić information content (AvgIpc) is 2.58. The molecule has 0 saturated heterocycles. The molecule has 0 spiro atoms. The molecule has 4 heteroatoms. The van der Waals surface area contributed by atoms with E-state index in [1.807, 2.05) is 36.7 Å². The molecule has 1 heterocycles. The molecule has 124 valence electrons. The van der Waals surface area contributed by atoms with Gasteiger partial charge in [-0.3, -0.25) is 4.98 Å². The molecule has 1 aromatic heterocycles. The van der Waals surface area contributed by atoms with Crippen LogP contribution in [-0.2, 0) is 6.54 Å². The zero-order valence-electron chi connectivity index (χ0n) is 14.4. The molecular weight excluding hydrogens is 288 g/mol. The minimum atomic E-state index is 0.219. The monoisotopic (exact) mass is 314 g/mol. The van der Waals surface area contributed by atoms with Gasteiger partial charge in [-0.2, -0.15) is 0 Å². The fourth-order valence-electron chi connectivity index (χ4n) is 2.22. The van der Waals surface area contributed by atoms with E-state index in [9.17, 15) is 0 Å². The van der Waals surface area contributed by atoms with E-state index in [0.717, 1.165) is 18.0 Å². The lowest BCUT2D eigenvalue weighted by atomic mass is 10.1. The molecule has 23 heavy (non-hydrogen) atoms. The van der Waals surface area contributed by atoms with Gasteiger partial charge in [0.1, 0.15) is 0 Å². The highest BCUT2D eigenvalue weighted by molar-refractivity contribution is 5.43. The largest absolute Gasteiger partial charge is 0.493 e. The Kier molecular flexibility index (Phi) is 6.41. The Hall–Kier alpha value is -2.07. The summed E-state index contributed by atoms with van der Waals surface area (Å²) in [6, 6.07) is 10.4. The van der Waals surface area contributed by atoms with Gasteiger partial charge in [0.05, 0.1) is 13.7 Å². The molecule has 0 saturated carbocycles. The summed E-state index contributed by atoms with van der Waals surface area (Å²) in [5.74, 6) is 2.06. The number of nitrogens with one attached hydrogen (secondary N) is 1. The van der Waals surface area contributed by atoms with Crippen LogP contribution in [0.15, 0.2) is 42.7 Å². The number of aromatic nitrogens is 1. The van der Waals surface area contributed by atoms with E-state index in [-0.39, 0.29) is 6.04 Å². The van der Waals surface area contributed by atoms with Crippen molar-refractivity contribution < 1.29 is 9.47 Å². The number of pyridine rings is 1. The van der Waals surface area contributed by atoms with E-state index in [2.05, 4.69) is 37.1 Å². The van der Waals surface area contributed by atoms with Crippen molar-refractivity contribution in [1.29, 1.82) is 0 Å². The van der Waals surface area contributed by atoms with Crippen LogP contribution in [0.1, 0.15) is 37.9 Å². The zero-order chi connectivity index (χ0) is 16.7. The molecule has 0 radical (unpaired) electrons. The topological polar surface area (TPSA) is 43.4 Å². The van der Waals surface area contributed by atoms with Crippen molar-refractivity contribution in [2.75, 3.05) is 13.7 Å². The predicted molar refractivity (Wildman–Crippen MR) is 92.8 cm³/mol. The first-order chi connectivity index (χ1) is 11.1. The van der Waals surface area contributed by atoms with Crippen LogP contribution < -0.4 is 14.8 Å². The summed E-state index contributed by atoms with van der Waals surface area (Å²) in [4.78, 5) is 4.03. The van der Waals surface area contributed by atoms with Crippen molar-refractivity contribution >= 4 is 0 Å². The Morgan fingerprint density at radius 3 is 2.43 bits per heavy atom. The number of rotatable bonds is 8. The summed E-state index contributed by atoms with van der Waals surface area (Å²) >= 11 is 0. The van der Waals surface area contributed by atoms with Crippen LogP contribution in [0.3, 0.4) is 0 Å². The summed E-state index contributed by atoms with van der Waals surface area (Å²) in [6.07, 6.45) is 3.62. The van der Waals surface area contributed by atoms with Crippen molar-refractivity contribution in [3.8, 4) is 11.5 Å². The fourth-order valence-corrected chi connectivity index (χ4v) is 2.22. The highest BCUT2D eigenvalue weighted by Crippen LogP contribution is 2.30. The predicted octanol–water partition coefficient (Wildman–Crippen LogP) is 3.98. The second kappa shape index (κ2) is 8.53. The van der Waals surface area contributed by atoms with E-state index >= 15 is 0 Å². The normalized spacial score (nSPS) is 12.2. The smallest absolute Gasteiger partial charge is 0.161 e. The molecule has 4 nitrogen and oxygen atoms in total. The van der Waals surface area contributed by atoms with E-state index in [1.54, 1.807) is 7.11 Å². The lowest BCUT2D eigenvalue weighted by Gasteiger charge is -2.18. The Balaban J connectivity index is 2.01. The maximum Gasteiger partial charge on any atom is 0.161 e. The quantitative estimate of drug-likeness (QED) is 0.800. The van der Waals surface area contributed by atoms with Gasteiger partial charge in [-0.15, -0.1) is 0 Å². The summed E-state index contributed by atoms with van der Waals surface area (Å²) in [5, 5.41) is 3.51. The minimum absolute atomic E-state index is 0.219. The van der Waals surface area contributed by atoms with Gasteiger partial charge in [0, 0.05) is 25.0 Å². The Morgan fingerprint density at radius 2 is 1.78 bits per heavy atom. The number of hydrogen-bond acceptors (Lipinski definition) is 4. The fraction of sp³-hybridized carbons (Fsp3) is 0.421. The number of methoxy groups -OCH3 is 1. The van der Waals surface area contributed by atoms with Gasteiger partial charge in [-0.25, -0.2) is 0 Å². The van der Waals surface area contributed by atoms with Crippen molar-refractivity contribution in [1.82, 2.24) is 10.3 Å². The van der Waals surface area contributed by atoms with Crippen molar-refractivity contribution in [2.45, 2.75) is 33.4 Å². The third-order valence-electron chi connectivity index (χ3n) is 3.62. The molecule has 0 fully saturated rings. The van der Waals surface area contributed by atoms with E-state index in [1.165, 1.54) is 11.1 Å². The highest BCUT2D eigenvalue weighted by Gasteiger charge is 2.11. The molecule has 1 N–H and O–H groups in total. The van der Waals surface area contributed by atoms with Gasteiger partial charge < -0.3 is 14.8 Å². The van der Waals surface area contributed by atoms with Gasteiger partial charge >= 0.3 is 0 Å². The lowest BCUT2D eigenvalue weighted by Crippen LogP contribution is -2.18. The Bertz CT molecular complexity index is 600. The van der Waals surface area contributed by atoms with Crippen molar-refractivity contribution in [2.24, 2.45) is 5.92 Å². The maximum atomic E-state index is 5.80. The van der Waals surface area contributed by atoms with Crippen LogP contribution in [0.5, 0.6) is 11.5 Å². The summed E-state index contributed by atoms with van der Waals surface area (Å²) in [7, 11) is 1.68. The third-order valence-corrected chi connectivity index (χ3v) is 3.62. The molecule has 1 atom stereocenters. The van der Waals surface area contributed by atoms with Gasteiger partial charge in [0.2, 0.25) is 0 Å². The second-order valence-electron chi connectivity index (χ2n) is 6.07. The molecule has 0 aliphatic carbocycles. The number of nitrogens with zero attached hydrogens (tertiary/aromatic N) is 1. The standard InChI is InChI=1S/C19H26N2O2/c1-14(2)13-23-18-6-5-17(11-19(18)22-4)15(3)21-12-16-7-9-20-10-8-16/h5-11,14-15,21H,12-13H2,1-4H3. The molecule has 0 aliphatic rings. The molecule has 1 unspecified atom stereocenters. The van der Waals surface area contributed by atoms with E-state index in [0.29, 0.717) is 12.5 Å². The van der Waals surface area contributed by atoms with Gasteiger partial charge in [-0.05, 0) is 48.2 Å². The summed E-state index contributed by atoms with van der Waals surface area (Å²) in [5.41, 5.74) is 2.39. The number of benzene rings is 1. The molecule has 1 aromatic carbocycles. The first-order valence-electron chi connectivity index (χ1n) is 8.03. The average molecular weight is 314 g/mol. The Labute approximate surface area is 138 Å². The minimum Gasteiger partial charge on any atom is -0.493 e. The number of ether oxygens (including phenoxy) is 2. The summed E-state index contributed by atoms with van der Waals surface area (Å²) in [6.45, 7) is 7.89. The zero-order valence-corrected chi connectivity index (χ0v) is 14.4. The molecule has 2 rings (SSSR count). The van der Waals surface area contributed by atoms with Gasteiger partial charge in [0.15, 0.2) is 11.5 Å². The van der Waals surface area contributed by atoms with Crippen LogP contribution in [0, 0.1) is 5.92 Å². The first-order valence-corrected chi connectivity index (χ1v) is 8.03. The van der Waals surface area contributed by atoms with Crippen molar-refractivity contribution in [3.05, 3.63) is 53.9 Å². The molecule has 0 bridgehead atoms. The maximum absolute atomic E-state index is 5.80. The first kappa shape index (κ1) is 17.3. The van der Waals surface area contributed by atoms with E-state index < -0.39 is 0 Å². The SMILES string of the molecule is COc1cc(C(C)NCc2ccncc2)ccc1OCC(C)C. The highest BCUT2D eigenvalue weighted by atomic mass is 16.5. The van der Waals surface area contributed by atoms with Crippen molar-refractivity contribution in [3.63, 3.8) is 0 Å². The molecular formula is C19H26N2O2. The lowest BCUT2D eigenvalue weighted by molar-refractivity contribution is 0.256. The molecule has 0 amide bonds. The second-order valence-corrected chi connectivity index (χ2v) is 6.07. The van der Waals surface area contributed by atoms with Crippen LogP contribution in [0.2, 0.25) is 0 Å².